The molecule has 2 aromatic rings. The number of hydrogen-bond donors (Lipinski definition) is 1. The van der Waals surface area contributed by atoms with Gasteiger partial charge in [0.25, 0.3) is 5.91 Å². The molecule has 0 radical (unpaired) electrons. The monoisotopic (exact) mass is 466 g/mol. The summed E-state index contributed by atoms with van der Waals surface area (Å²) in [4.78, 5) is 15.0. The van der Waals surface area contributed by atoms with E-state index >= 15 is 0 Å². The van der Waals surface area contributed by atoms with E-state index in [1.807, 2.05) is 4.68 Å². The number of carbonyl (C=O) groups is 1. The number of aryl methyl sites for hydroxylation is 1. The molecule has 1 aromatic heterocycles. The van der Waals surface area contributed by atoms with Crippen LogP contribution in [0.2, 0.25) is 0 Å². The summed E-state index contributed by atoms with van der Waals surface area (Å²) >= 11 is 0. The molecule has 1 N–H and O–H groups in total. The number of nitrogens with zero attached hydrogens (tertiary/aromatic N) is 3. The highest BCUT2D eigenvalue weighted by molar-refractivity contribution is 5.94. The van der Waals surface area contributed by atoms with Crippen molar-refractivity contribution in [3.05, 3.63) is 46.8 Å². The molecular weight excluding hydrogens is 437 g/mol. The summed E-state index contributed by atoms with van der Waals surface area (Å²) in [6.07, 6.45) is -1.46. The number of halogens is 3. The van der Waals surface area contributed by atoms with E-state index in [0.717, 1.165) is 37.1 Å². The number of hydrogen-bond acceptors (Lipinski definition) is 5. The lowest BCUT2D eigenvalue weighted by Crippen LogP contribution is -2.41. The average Bonchev–Trinajstić information content (AvgIpc) is 3.15. The van der Waals surface area contributed by atoms with Crippen LogP contribution >= 0.6 is 0 Å². The molecule has 1 saturated heterocycles. The second-order valence-corrected chi connectivity index (χ2v) is 8.42. The Morgan fingerprint density at radius 2 is 2.09 bits per heavy atom. The first-order chi connectivity index (χ1) is 15.8. The molecule has 7 nitrogen and oxygen atoms in total. The molecule has 1 aliphatic heterocycles. The minimum atomic E-state index is -4.71. The van der Waals surface area contributed by atoms with Crippen LogP contribution in [0.15, 0.2) is 24.3 Å². The first-order valence-corrected chi connectivity index (χ1v) is 11.4. The number of aromatic nitrogens is 2. The van der Waals surface area contributed by atoms with E-state index in [4.69, 9.17) is 4.74 Å². The van der Waals surface area contributed by atoms with Gasteiger partial charge in [-0.1, -0.05) is 19.1 Å². The Hall–Kier alpha value is -2.59. The number of nitrogens with one attached hydrogen (secondary N) is 1. The fourth-order valence-corrected chi connectivity index (χ4v) is 4.46. The Kier molecular flexibility index (Phi) is 7.23. The largest absolute Gasteiger partial charge is 0.573 e. The highest BCUT2D eigenvalue weighted by Crippen LogP contribution is 2.27. The Labute approximate surface area is 190 Å². The van der Waals surface area contributed by atoms with Gasteiger partial charge in [-0.15, -0.1) is 13.2 Å². The molecule has 1 unspecified atom stereocenters. The molecule has 0 saturated carbocycles. The number of morpholine rings is 1. The van der Waals surface area contributed by atoms with E-state index < -0.39 is 6.36 Å². The molecule has 1 amide bonds. The molecule has 4 rings (SSSR count). The number of amides is 1. The zero-order valence-corrected chi connectivity index (χ0v) is 18.7. The van der Waals surface area contributed by atoms with Gasteiger partial charge in [-0.2, -0.15) is 5.10 Å². The van der Waals surface area contributed by atoms with Gasteiger partial charge >= 0.3 is 6.36 Å². The third-order valence-corrected chi connectivity index (χ3v) is 6.01. The van der Waals surface area contributed by atoms with Gasteiger partial charge in [0.2, 0.25) is 0 Å². The number of fused-ring (bicyclic) bond motifs is 1. The molecular formula is C23H29F3N4O3. The highest BCUT2D eigenvalue weighted by Gasteiger charge is 2.32. The van der Waals surface area contributed by atoms with Crippen LogP contribution in [0.5, 0.6) is 5.75 Å². The van der Waals surface area contributed by atoms with Crippen LogP contribution in [0.1, 0.15) is 47.1 Å². The van der Waals surface area contributed by atoms with Crippen molar-refractivity contribution in [1.82, 2.24) is 20.0 Å². The van der Waals surface area contributed by atoms with Crippen molar-refractivity contribution in [2.75, 3.05) is 26.3 Å². The molecule has 1 atom stereocenters. The summed E-state index contributed by atoms with van der Waals surface area (Å²) in [6, 6.07) is 6.08. The zero-order valence-electron chi connectivity index (χ0n) is 18.7. The Bertz CT molecular complexity index is 970. The summed E-state index contributed by atoms with van der Waals surface area (Å²) < 4.78 is 48.9. The maximum Gasteiger partial charge on any atom is 0.573 e. The summed E-state index contributed by atoms with van der Waals surface area (Å²) in [5, 5.41) is 8.13. The number of benzene rings is 1. The molecule has 0 bridgehead atoms. The topological polar surface area (TPSA) is 68.6 Å². The molecule has 1 aliphatic carbocycles. The van der Waals surface area contributed by atoms with Gasteiger partial charge in [-0.3, -0.25) is 9.48 Å². The highest BCUT2D eigenvalue weighted by atomic mass is 19.4. The summed E-state index contributed by atoms with van der Waals surface area (Å²) in [6.45, 7) is 5.45. The second-order valence-electron chi connectivity index (χ2n) is 8.42. The molecule has 2 heterocycles. The van der Waals surface area contributed by atoms with Crippen molar-refractivity contribution in [2.45, 2.75) is 58.1 Å². The minimum absolute atomic E-state index is 0.0537. The Morgan fingerprint density at radius 1 is 1.30 bits per heavy atom. The third kappa shape index (κ3) is 5.86. The maximum absolute atomic E-state index is 13.2. The summed E-state index contributed by atoms with van der Waals surface area (Å²) in [5.74, 6) is -0.283. The zero-order chi connectivity index (χ0) is 23.4. The van der Waals surface area contributed by atoms with E-state index in [-0.39, 0.29) is 17.7 Å². The second kappa shape index (κ2) is 10.1. The van der Waals surface area contributed by atoms with Crippen LogP contribution in [-0.2, 0) is 30.7 Å². The van der Waals surface area contributed by atoms with Crippen LogP contribution in [0, 0.1) is 0 Å². The van der Waals surface area contributed by atoms with Crippen molar-refractivity contribution in [1.29, 1.82) is 0 Å². The van der Waals surface area contributed by atoms with Gasteiger partial charge < -0.3 is 19.7 Å². The van der Waals surface area contributed by atoms with Crippen molar-refractivity contribution < 1.29 is 27.4 Å². The van der Waals surface area contributed by atoms with E-state index in [2.05, 4.69) is 22.1 Å². The third-order valence-electron chi connectivity index (χ3n) is 6.01. The predicted octanol–water partition coefficient (Wildman–Crippen LogP) is 3.31. The van der Waals surface area contributed by atoms with Gasteiger partial charge in [0.15, 0.2) is 5.69 Å². The molecule has 2 aliphatic rings. The van der Waals surface area contributed by atoms with E-state index in [1.54, 1.807) is 17.0 Å². The lowest BCUT2D eigenvalue weighted by molar-refractivity contribution is -0.274. The van der Waals surface area contributed by atoms with Crippen LogP contribution in [0.3, 0.4) is 0 Å². The lowest BCUT2D eigenvalue weighted by Gasteiger charge is -2.28. The number of carbonyl (C=O) groups excluding carboxylic acids is 1. The van der Waals surface area contributed by atoms with E-state index in [1.165, 1.54) is 12.1 Å². The molecule has 1 fully saturated rings. The first-order valence-electron chi connectivity index (χ1n) is 11.4. The molecule has 1 aromatic carbocycles. The van der Waals surface area contributed by atoms with Crippen molar-refractivity contribution in [3.8, 4) is 5.75 Å². The van der Waals surface area contributed by atoms with E-state index in [9.17, 15) is 18.0 Å². The lowest BCUT2D eigenvalue weighted by atomic mass is 9.90. The molecule has 10 heteroatoms. The van der Waals surface area contributed by atoms with Gasteiger partial charge in [0, 0.05) is 43.5 Å². The summed E-state index contributed by atoms with van der Waals surface area (Å²) in [7, 11) is 0. The number of ether oxygens (including phenoxy) is 2. The summed E-state index contributed by atoms with van der Waals surface area (Å²) in [5.41, 5.74) is 3.33. The van der Waals surface area contributed by atoms with Gasteiger partial charge in [-0.05, 0) is 43.4 Å². The van der Waals surface area contributed by atoms with Crippen molar-refractivity contribution in [2.24, 2.45) is 0 Å². The predicted molar refractivity (Wildman–Crippen MR) is 115 cm³/mol. The Morgan fingerprint density at radius 3 is 2.82 bits per heavy atom. The minimum Gasteiger partial charge on any atom is -0.406 e. The maximum atomic E-state index is 13.2. The molecule has 180 valence electrons. The van der Waals surface area contributed by atoms with Crippen molar-refractivity contribution >= 4 is 5.91 Å². The fraction of sp³-hybridized carbons (Fsp3) is 0.565. The van der Waals surface area contributed by atoms with Crippen molar-refractivity contribution in [3.63, 3.8) is 0 Å². The van der Waals surface area contributed by atoms with Gasteiger partial charge in [0.05, 0.1) is 13.2 Å². The van der Waals surface area contributed by atoms with Crippen LogP contribution < -0.4 is 10.1 Å². The van der Waals surface area contributed by atoms with E-state index in [0.29, 0.717) is 50.5 Å². The fourth-order valence-electron chi connectivity index (χ4n) is 4.46. The van der Waals surface area contributed by atoms with Gasteiger partial charge in [0.1, 0.15) is 5.75 Å². The number of rotatable bonds is 7. The normalized spacial score (nSPS) is 18.8. The van der Waals surface area contributed by atoms with Gasteiger partial charge in [-0.25, -0.2) is 0 Å². The Balaban J connectivity index is 1.46. The van der Waals surface area contributed by atoms with Crippen LogP contribution in [-0.4, -0.2) is 59.3 Å². The quantitative estimate of drug-likeness (QED) is 0.678. The number of alkyl halides is 3. The van der Waals surface area contributed by atoms with Crippen LogP contribution in [0.4, 0.5) is 13.2 Å². The average molecular weight is 467 g/mol. The molecule has 0 spiro atoms. The standard InChI is InChI=1S/C23H29F3N4O3/c1-2-8-30-20-7-6-17(27-15-16-4-3-5-18(13-16)33-23(24,25)26)14-19(20)21(28-30)22(31)29-9-11-32-12-10-29/h3-5,13,17,27H,2,6-12,14-15H2,1H3. The smallest absolute Gasteiger partial charge is 0.406 e. The van der Waals surface area contributed by atoms with Crippen LogP contribution in [0.25, 0.3) is 0 Å². The SMILES string of the molecule is CCCn1nc(C(=O)N2CCOCC2)c2c1CCC(NCc1cccc(OC(F)(F)F)c1)C2. The first kappa shape index (κ1) is 23.6. The molecule has 33 heavy (non-hydrogen) atoms.